The molecule has 1 fully saturated rings. The summed E-state index contributed by atoms with van der Waals surface area (Å²) in [7, 11) is 0. The van der Waals surface area contributed by atoms with Gasteiger partial charge in [-0.1, -0.05) is 6.92 Å². The van der Waals surface area contributed by atoms with E-state index in [0.29, 0.717) is 17.7 Å². The highest BCUT2D eigenvalue weighted by Gasteiger charge is 2.34. The minimum atomic E-state index is -0.778. The Hall–Kier alpha value is -1.89. The van der Waals surface area contributed by atoms with Crippen LogP contribution in [0, 0.1) is 0 Å². The maximum absolute atomic E-state index is 10.8. The highest BCUT2D eigenvalue weighted by Crippen LogP contribution is 2.30. The van der Waals surface area contributed by atoms with Crippen molar-refractivity contribution < 1.29 is 14.6 Å². The Morgan fingerprint density at radius 3 is 2.73 bits per heavy atom. The summed E-state index contributed by atoms with van der Waals surface area (Å²) < 4.78 is 5.64. The van der Waals surface area contributed by atoms with Gasteiger partial charge in [0.25, 0.3) is 5.88 Å². The number of nitrogens with zero attached hydrogens (tertiary/aromatic N) is 3. The van der Waals surface area contributed by atoms with Gasteiger partial charge in [-0.3, -0.25) is 9.69 Å². The van der Waals surface area contributed by atoms with E-state index in [-0.39, 0.29) is 18.7 Å². The lowest BCUT2D eigenvalue weighted by Gasteiger charge is -2.42. The first-order chi connectivity index (χ1) is 10.5. The number of aliphatic carboxylic acids is 1. The number of aromatic nitrogens is 2. The number of anilines is 1. The molecule has 0 unspecified atom stereocenters. The molecule has 0 bridgehead atoms. The van der Waals surface area contributed by atoms with Crippen LogP contribution in [-0.4, -0.2) is 57.2 Å². The molecule has 1 heterocycles. The van der Waals surface area contributed by atoms with Gasteiger partial charge in [-0.05, 0) is 33.2 Å². The van der Waals surface area contributed by atoms with Crippen LogP contribution < -0.4 is 10.1 Å². The van der Waals surface area contributed by atoms with Gasteiger partial charge in [0.2, 0.25) is 0 Å². The molecule has 2 N–H and O–H groups in total. The van der Waals surface area contributed by atoms with Gasteiger partial charge in [0, 0.05) is 24.5 Å². The number of likely N-dealkylation sites (N-methyl/N-ethyl adjacent to an activating group) is 1. The zero-order chi connectivity index (χ0) is 16.1. The summed E-state index contributed by atoms with van der Waals surface area (Å²) >= 11 is 0. The number of rotatable bonds is 8. The van der Waals surface area contributed by atoms with Crippen LogP contribution in [0.1, 0.15) is 33.6 Å². The number of carbonyl (C=O) groups is 1. The molecular weight excluding hydrogens is 284 g/mol. The number of nitrogens with one attached hydrogen (secondary N) is 1. The summed E-state index contributed by atoms with van der Waals surface area (Å²) in [6.45, 7) is 6.73. The first kappa shape index (κ1) is 16.5. The number of ether oxygens (including phenoxy) is 1. The summed E-state index contributed by atoms with van der Waals surface area (Å²) in [5, 5.41) is 12.3. The summed E-state index contributed by atoms with van der Waals surface area (Å²) in [5.74, 6) is 0.388. The Morgan fingerprint density at radius 1 is 1.45 bits per heavy atom. The summed E-state index contributed by atoms with van der Waals surface area (Å²) in [6, 6.07) is 0.587. The minimum absolute atomic E-state index is 0.0394. The van der Waals surface area contributed by atoms with Crippen LogP contribution in [0.3, 0.4) is 0 Å². The van der Waals surface area contributed by atoms with Crippen molar-refractivity contribution in [1.29, 1.82) is 0 Å². The van der Waals surface area contributed by atoms with E-state index < -0.39 is 5.97 Å². The van der Waals surface area contributed by atoms with Crippen LogP contribution in [0.25, 0.3) is 0 Å². The Morgan fingerprint density at radius 2 is 2.14 bits per heavy atom. The van der Waals surface area contributed by atoms with E-state index in [1.807, 2.05) is 25.7 Å². The number of hydrogen-bond acceptors (Lipinski definition) is 6. The minimum Gasteiger partial charge on any atom is -0.480 e. The molecule has 2 rings (SSSR count). The molecule has 0 aliphatic heterocycles. The summed E-state index contributed by atoms with van der Waals surface area (Å²) in [5.41, 5.74) is 0. The monoisotopic (exact) mass is 308 g/mol. The van der Waals surface area contributed by atoms with Crippen molar-refractivity contribution in [2.24, 2.45) is 0 Å². The third-order valence-electron chi connectivity index (χ3n) is 3.73. The first-order valence-corrected chi connectivity index (χ1v) is 7.69. The van der Waals surface area contributed by atoms with Crippen molar-refractivity contribution in [1.82, 2.24) is 14.9 Å². The normalized spacial score (nSPS) is 20.8. The van der Waals surface area contributed by atoms with E-state index in [0.717, 1.165) is 19.4 Å². The van der Waals surface area contributed by atoms with Gasteiger partial charge in [-0.25, -0.2) is 9.97 Å². The van der Waals surface area contributed by atoms with Crippen LogP contribution in [0.2, 0.25) is 0 Å². The third-order valence-corrected chi connectivity index (χ3v) is 3.73. The standard InChI is InChI=1S/C15H24N4O3/c1-4-19(9-13(20)21)12-7-11(8-12)18-14-15(22-10(2)3)17-6-5-16-14/h5-6,10-12H,4,7-9H2,1-3H3,(H,16,18)(H,20,21). The average molecular weight is 308 g/mol. The molecule has 1 aliphatic rings. The van der Waals surface area contributed by atoms with Gasteiger partial charge in [-0.15, -0.1) is 0 Å². The van der Waals surface area contributed by atoms with Crippen molar-refractivity contribution in [3.8, 4) is 5.88 Å². The molecule has 7 nitrogen and oxygen atoms in total. The molecule has 122 valence electrons. The van der Waals surface area contributed by atoms with E-state index in [4.69, 9.17) is 9.84 Å². The fourth-order valence-electron chi connectivity index (χ4n) is 2.60. The molecule has 1 aliphatic carbocycles. The van der Waals surface area contributed by atoms with Gasteiger partial charge >= 0.3 is 5.97 Å². The van der Waals surface area contributed by atoms with E-state index in [9.17, 15) is 4.79 Å². The Bertz CT molecular complexity index is 503. The van der Waals surface area contributed by atoms with Crippen molar-refractivity contribution in [3.63, 3.8) is 0 Å². The van der Waals surface area contributed by atoms with Crippen molar-refractivity contribution in [3.05, 3.63) is 12.4 Å². The lowest BCUT2D eigenvalue weighted by Crippen LogP contribution is -2.51. The topological polar surface area (TPSA) is 87.6 Å². The Labute approximate surface area is 130 Å². The van der Waals surface area contributed by atoms with Gasteiger partial charge in [0.15, 0.2) is 5.82 Å². The second-order valence-electron chi connectivity index (χ2n) is 5.80. The second kappa shape index (κ2) is 7.40. The smallest absolute Gasteiger partial charge is 0.317 e. The first-order valence-electron chi connectivity index (χ1n) is 7.69. The van der Waals surface area contributed by atoms with Gasteiger partial charge < -0.3 is 15.2 Å². The van der Waals surface area contributed by atoms with Gasteiger partial charge in [0.05, 0.1) is 12.6 Å². The van der Waals surface area contributed by atoms with E-state index in [1.54, 1.807) is 12.4 Å². The van der Waals surface area contributed by atoms with Crippen molar-refractivity contribution >= 4 is 11.8 Å². The van der Waals surface area contributed by atoms with Crippen LogP contribution in [0.4, 0.5) is 5.82 Å². The largest absolute Gasteiger partial charge is 0.480 e. The van der Waals surface area contributed by atoms with E-state index in [1.165, 1.54) is 0 Å². The molecule has 0 spiro atoms. The third kappa shape index (κ3) is 4.30. The Kier molecular flexibility index (Phi) is 5.54. The number of carboxylic acids is 1. The fourth-order valence-corrected chi connectivity index (χ4v) is 2.60. The Balaban J connectivity index is 1.88. The summed E-state index contributed by atoms with van der Waals surface area (Å²) in [6.07, 6.45) is 5.09. The molecule has 0 atom stereocenters. The van der Waals surface area contributed by atoms with Crippen LogP contribution >= 0.6 is 0 Å². The van der Waals surface area contributed by atoms with Crippen LogP contribution in [-0.2, 0) is 4.79 Å². The number of hydrogen-bond donors (Lipinski definition) is 2. The van der Waals surface area contributed by atoms with Crippen LogP contribution in [0.5, 0.6) is 5.88 Å². The molecular formula is C15H24N4O3. The summed E-state index contributed by atoms with van der Waals surface area (Å²) in [4.78, 5) is 21.3. The second-order valence-corrected chi connectivity index (χ2v) is 5.80. The lowest BCUT2D eigenvalue weighted by molar-refractivity contribution is -0.139. The molecule has 0 radical (unpaired) electrons. The van der Waals surface area contributed by atoms with Crippen molar-refractivity contribution in [2.75, 3.05) is 18.4 Å². The average Bonchev–Trinajstić information content (AvgIpc) is 2.41. The van der Waals surface area contributed by atoms with Gasteiger partial charge in [-0.2, -0.15) is 0 Å². The molecule has 1 aromatic heterocycles. The zero-order valence-electron chi connectivity index (χ0n) is 13.3. The molecule has 0 saturated heterocycles. The maximum Gasteiger partial charge on any atom is 0.317 e. The predicted molar refractivity (Wildman–Crippen MR) is 83.1 cm³/mol. The van der Waals surface area contributed by atoms with Gasteiger partial charge in [0.1, 0.15) is 0 Å². The van der Waals surface area contributed by atoms with Crippen molar-refractivity contribution in [2.45, 2.75) is 51.8 Å². The maximum atomic E-state index is 10.8. The molecule has 0 aromatic carbocycles. The predicted octanol–water partition coefficient (Wildman–Crippen LogP) is 1.61. The molecule has 0 amide bonds. The highest BCUT2D eigenvalue weighted by molar-refractivity contribution is 5.69. The molecule has 1 saturated carbocycles. The lowest BCUT2D eigenvalue weighted by atomic mass is 9.85. The molecule has 7 heteroatoms. The molecule has 1 aromatic rings. The zero-order valence-corrected chi connectivity index (χ0v) is 13.3. The number of carboxylic acid groups (broad SMARTS) is 1. The van der Waals surface area contributed by atoms with E-state index >= 15 is 0 Å². The SMILES string of the molecule is CCN(CC(=O)O)C1CC(Nc2nccnc2OC(C)C)C1. The quantitative estimate of drug-likeness (QED) is 0.754. The fraction of sp³-hybridized carbons (Fsp3) is 0.667. The molecule has 22 heavy (non-hydrogen) atoms. The van der Waals surface area contributed by atoms with E-state index in [2.05, 4.69) is 15.3 Å². The van der Waals surface area contributed by atoms with Crippen LogP contribution in [0.15, 0.2) is 12.4 Å². The highest BCUT2D eigenvalue weighted by atomic mass is 16.5.